The summed E-state index contributed by atoms with van der Waals surface area (Å²) < 4.78 is 0. The van der Waals surface area contributed by atoms with Gasteiger partial charge in [-0.3, -0.25) is 9.78 Å². The first-order chi connectivity index (χ1) is 15.0. The number of benzene rings is 1. The molecule has 2 aromatic heterocycles. The monoisotopic (exact) mass is 455 g/mol. The maximum Gasteiger partial charge on any atom is 0.251 e. The Morgan fingerprint density at radius 2 is 2.03 bits per heavy atom. The molecule has 0 aliphatic heterocycles. The SMILES string of the molecule is CCCN(C)c1cc(Cl)nc(SCc2cccc(C(=O)NCCc3ccccn3)c2)n1. The van der Waals surface area contributed by atoms with Crippen molar-refractivity contribution in [2.75, 3.05) is 25.0 Å². The Morgan fingerprint density at radius 3 is 2.81 bits per heavy atom. The van der Waals surface area contributed by atoms with E-state index in [1.165, 1.54) is 11.8 Å². The predicted molar refractivity (Wildman–Crippen MR) is 127 cm³/mol. The van der Waals surface area contributed by atoms with Crippen LogP contribution in [0.3, 0.4) is 0 Å². The number of nitrogens with zero attached hydrogens (tertiary/aromatic N) is 4. The topological polar surface area (TPSA) is 71.0 Å². The van der Waals surface area contributed by atoms with E-state index in [1.54, 1.807) is 12.3 Å². The highest BCUT2D eigenvalue weighted by Crippen LogP contribution is 2.24. The highest BCUT2D eigenvalue weighted by atomic mass is 35.5. The summed E-state index contributed by atoms with van der Waals surface area (Å²) in [6.45, 7) is 3.56. The zero-order chi connectivity index (χ0) is 22.1. The molecule has 0 spiro atoms. The maximum atomic E-state index is 12.5. The first kappa shape index (κ1) is 23.0. The second kappa shape index (κ2) is 11.7. The van der Waals surface area contributed by atoms with E-state index in [0.29, 0.717) is 34.6 Å². The Balaban J connectivity index is 1.57. The molecule has 1 aromatic carbocycles. The van der Waals surface area contributed by atoms with Crippen molar-refractivity contribution < 1.29 is 4.79 Å². The van der Waals surface area contributed by atoms with Crippen LogP contribution in [0.15, 0.2) is 59.9 Å². The van der Waals surface area contributed by atoms with Gasteiger partial charge >= 0.3 is 0 Å². The molecule has 2 heterocycles. The normalized spacial score (nSPS) is 10.7. The molecule has 0 saturated heterocycles. The van der Waals surface area contributed by atoms with Crippen LogP contribution in [0.5, 0.6) is 0 Å². The molecule has 0 aliphatic rings. The van der Waals surface area contributed by atoms with Crippen LogP contribution < -0.4 is 10.2 Å². The number of aromatic nitrogens is 3. The zero-order valence-corrected chi connectivity index (χ0v) is 19.3. The zero-order valence-electron chi connectivity index (χ0n) is 17.7. The first-order valence-corrected chi connectivity index (χ1v) is 11.6. The lowest BCUT2D eigenvalue weighted by Crippen LogP contribution is -2.25. The molecule has 1 N–H and O–H groups in total. The van der Waals surface area contributed by atoms with Crippen LogP contribution in [-0.4, -0.2) is 41.0 Å². The Morgan fingerprint density at radius 1 is 1.16 bits per heavy atom. The third kappa shape index (κ3) is 7.22. The molecule has 0 saturated carbocycles. The predicted octanol–water partition coefficient (Wildman–Crippen LogP) is 4.64. The lowest BCUT2D eigenvalue weighted by molar-refractivity contribution is 0.0954. The molecule has 0 radical (unpaired) electrons. The summed E-state index contributed by atoms with van der Waals surface area (Å²) >= 11 is 7.69. The summed E-state index contributed by atoms with van der Waals surface area (Å²) in [6, 6.07) is 15.2. The molecule has 0 fully saturated rings. The third-order valence-corrected chi connectivity index (χ3v) is 5.67. The van der Waals surface area contributed by atoms with Crippen molar-refractivity contribution in [3.63, 3.8) is 0 Å². The molecule has 8 heteroatoms. The summed E-state index contributed by atoms with van der Waals surface area (Å²) in [5.41, 5.74) is 2.61. The second-order valence-electron chi connectivity index (χ2n) is 7.07. The number of pyridine rings is 1. The van der Waals surface area contributed by atoms with Crippen molar-refractivity contribution in [1.29, 1.82) is 0 Å². The average molecular weight is 456 g/mol. The summed E-state index contributed by atoms with van der Waals surface area (Å²) in [6.07, 6.45) is 3.48. The number of anilines is 1. The van der Waals surface area contributed by atoms with Crippen LogP contribution in [-0.2, 0) is 12.2 Å². The lowest BCUT2D eigenvalue weighted by atomic mass is 10.1. The second-order valence-corrected chi connectivity index (χ2v) is 8.40. The number of hydrogen-bond acceptors (Lipinski definition) is 6. The van der Waals surface area contributed by atoms with Gasteiger partial charge in [0.15, 0.2) is 5.16 Å². The van der Waals surface area contributed by atoms with E-state index < -0.39 is 0 Å². The van der Waals surface area contributed by atoms with Crippen LogP contribution in [0.4, 0.5) is 5.82 Å². The summed E-state index contributed by atoms with van der Waals surface area (Å²) in [4.78, 5) is 27.8. The van der Waals surface area contributed by atoms with Gasteiger partial charge in [0.2, 0.25) is 0 Å². The van der Waals surface area contributed by atoms with Gasteiger partial charge in [0.05, 0.1) is 0 Å². The van der Waals surface area contributed by atoms with E-state index in [1.807, 2.05) is 49.5 Å². The van der Waals surface area contributed by atoms with Crippen LogP contribution in [0.2, 0.25) is 5.15 Å². The average Bonchev–Trinajstić information content (AvgIpc) is 2.78. The maximum absolute atomic E-state index is 12.5. The van der Waals surface area contributed by atoms with Crippen LogP contribution in [0.1, 0.15) is 35.0 Å². The fourth-order valence-electron chi connectivity index (χ4n) is 3.00. The highest BCUT2D eigenvalue weighted by molar-refractivity contribution is 7.98. The van der Waals surface area contributed by atoms with Gasteiger partial charge in [-0.1, -0.05) is 48.5 Å². The van der Waals surface area contributed by atoms with Gasteiger partial charge in [0.1, 0.15) is 11.0 Å². The van der Waals surface area contributed by atoms with Crippen molar-refractivity contribution in [1.82, 2.24) is 20.3 Å². The lowest BCUT2D eigenvalue weighted by Gasteiger charge is -2.17. The quantitative estimate of drug-likeness (QED) is 0.273. The van der Waals surface area contributed by atoms with Crippen LogP contribution in [0, 0.1) is 0 Å². The number of amides is 1. The molecule has 6 nitrogen and oxygen atoms in total. The van der Waals surface area contributed by atoms with Crippen molar-refractivity contribution in [2.24, 2.45) is 0 Å². The van der Waals surface area contributed by atoms with E-state index >= 15 is 0 Å². The first-order valence-electron chi connectivity index (χ1n) is 10.2. The molecule has 3 aromatic rings. The van der Waals surface area contributed by atoms with Crippen molar-refractivity contribution in [3.05, 3.63) is 76.7 Å². The molecule has 0 bridgehead atoms. The molecule has 0 aliphatic carbocycles. The Bertz CT molecular complexity index is 1000. The third-order valence-electron chi connectivity index (χ3n) is 4.56. The minimum absolute atomic E-state index is 0.0923. The van der Waals surface area contributed by atoms with Gasteiger partial charge in [-0.15, -0.1) is 0 Å². The fraction of sp³-hybridized carbons (Fsp3) is 0.304. The van der Waals surface area contributed by atoms with Crippen LogP contribution >= 0.6 is 23.4 Å². The smallest absolute Gasteiger partial charge is 0.251 e. The van der Waals surface area contributed by atoms with Crippen molar-refractivity contribution >= 4 is 35.1 Å². The van der Waals surface area contributed by atoms with Gasteiger partial charge in [0, 0.05) is 55.8 Å². The van der Waals surface area contributed by atoms with E-state index in [2.05, 4.69) is 32.1 Å². The molecule has 162 valence electrons. The number of halogens is 1. The molecule has 1 amide bonds. The Labute approximate surface area is 192 Å². The molecule has 31 heavy (non-hydrogen) atoms. The molecule has 3 rings (SSSR count). The van der Waals surface area contributed by atoms with Gasteiger partial charge in [-0.25, -0.2) is 9.97 Å². The van der Waals surface area contributed by atoms with Gasteiger partial charge < -0.3 is 10.2 Å². The molecular weight excluding hydrogens is 430 g/mol. The van der Waals surface area contributed by atoms with E-state index in [4.69, 9.17) is 11.6 Å². The number of nitrogens with one attached hydrogen (secondary N) is 1. The highest BCUT2D eigenvalue weighted by Gasteiger charge is 2.10. The van der Waals surface area contributed by atoms with Gasteiger partial charge in [-0.05, 0) is 36.2 Å². The summed E-state index contributed by atoms with van der Waals surface area (Å²) in [7, 11) is 1.99. The number of rotatable bonds is 10. The van der Waals surface area contributed by atoms with Gasteiger partial charge in [-0.2, -0.15) is 0 Å². The van der Waals surface area contributed by atoms with E-state index in [9.17, 15) is 4.79 Å². The Hall–Kier alpha value is -2.64. The number of carbonyl (C=O) groups is 1. The number of hydrogen-bond donors (Lipinski definition) is 1. The van der Waals surface area contributed by atoms with E-state index in [0.717, 1.165) is 30.0 Å². The van der Waals surface area contributed by atoms with Crippen LogP contribution in [0.25, 0.3) is 0 Å². The summed E-state index contributed by atoms with van der Waals surface area (Å²) in [5.74, 6) is 1.36. The summed E-state index contributed by atoms with van der Waals surface area (Å²) in [5, 5.41) is 4.00. The standard InChI is InChI=1S/C23H26ClN5OS/c1-3-13-29(2)21-15-20(24)27-23(28-21)31-16-17-7-6-8-18(14-17)22(30)26-12-10-19-9-4-5-11-25-19/h4-9,11,14-15H,3,10,12-13,16H2,1-2H3,(H,26,30). The fourth-order valence-corrected chi connectivity index (χ4v) is 4.02. The number of thioether (sulfide) groups is 1. The molecular formula is C23H26ClN5OS. The Kier molecular flexibility index (Phi) is 8.67. The van der Waals surface area contributed by atoms with E-state index in [-0.39, 0.29) is 5.91 Å². The largest absolute Gasteiger partial charge is 0.360 e. The minimum atomic E-state index is -0.0923. The number of carbonyl (C=O) groups excluding carboxylic acids is 1. The molecule has 0 atom stereocenters. The minimum Gasteiger partial charge on any atom is -0.360 e. The molecule has 0 unspecified atom stereocenters. The van der Waals surface area contributed by atoms with Gasteiger partial charge in [0.25, 0.3) is 5.91 Å². The van der Waals surface area contributed by atoms with Crippen molar-refractivity contribution in [2.45, 2.75) is 30.7 Å². The van der Waals surface area contributed by atoms with Crippen molar-refractivity contribution in [3.8, 4) is 0 Å².